The lowest BCUT2D eigenvalue weighted by Crippen LogP contribution is -2.01. The summed E-state index contributed by atoms with van der Waals surface area (Å²) in [7, 11) is 5.29. The fourth-order valence-corrected chi connectivity index (χ4v) is 1.48. The van der Waals surface area contributed by atoms with Gasteiger partial charge in [0.2, 0.25) is 0 Å². The largest absolute Gasteiger partial charge is 0.388 e. The van der Waals surface area contributed by atoms with Crippen molar-refractivity contribution < 1.29 is 9.47 Å². The molecule has 0 aliphatic rings. The third-order valence-corrected chi connectivity index (χ3v) is 2.23. The molecular weight excluding hydrogens is 202 g/mol. The van der Waals surface area contributed by atoms with Gasteiger partial charge in [0.15, 0.2) is 0 Å². The van der Waals surface area contributed by atoms with Crippen molar-refractivity contribution >= 4 is 11.8 Å². The lowest BCUT2D eigenvalue weighted by atomic mass is 10.1. The summed E-state index contributed by atoms with van der Waals surface area (Å²) < 4.78 is 10.2. The number of hydrogen-bond donors (Lipinski definition) is 1. The Kier molecular flexibility index (Phi) is 5.61. The molecule has 1 aromatic carbocycles. The Morgan fingerprint density at radius 1 is 1.12 bits per heavy atom. The predicted octanol–water partition coefficient (Wildman–Crippen LogP) is 2.40. The number of nitrogens with one attached hydrogen (secondary N) is 1. The van der Waals surface area contributed by atoms with Gasteiger partial charge in [-0.05, 0) is 23.3 Å². The van der Waals surface area contributed by atoms with Crippen molar-refractivity contribution in [1.29, 1.82) is 0 Å². The van der Waals surface area contributed by atoms with E-state index in [9.17, 15) is 0 Å². The molecule has 0 bridgehead atoms. The maximum absolute atomic E-state index is 5.11. The third-order valence-electron chi connectivity index (χ3n) is 2.23. The highest BCUT2D eigenvalue weighted by Crippen LogP contribution is 2.12. The van der Waals surface area contributed by atoms with Crippen molar-refractivity contribution in [3.63, 3.8) is 0 Å². The van der Waals surface area contributed by atoms with E-state index >= 15 is 0 Å². The van der Waals surface area contributed by atoms with Gasteiger partial charge in [-0.25, -0.2) is 0 Å². The Bertz CT molecular complexity index is 322. The van der Waals surface area contributed by atoms with Crippen LogP contribution in [0.1, 0.15) is 5.56 Å². The van der Waals surface area contributed by atoms with E-state index in [-0.39, 0.29) is 0 Å². The molecule has 0 radical (unpaired) electrons. The van der Waals surface area contributed by atoms with Gasteiger partial charge in [0.05, 0.1) is 13.2 Å². The predicted molar refractivity (Wildman–Crippen MR) is 67.7 cm³/mol. The van der Waals surface area contributed by atoms with E-state index < -0.39 is 0 Å². The molecule has 0 aliphatic carbocycles. The summed E-state index contributed by atoms with van der Waals surface area (Å²) in [6.45, 7) is 1.20. The van der Waals surface area contributed by atoms with Crippen molar-refractivity contribution in [2.45, 2.75) is 0 Å². The molecule has 0 fully saturated rings. The normalized spacial score (nSPS) is 9.94. The van der Waals surface area contributed by atoms with Crippen LogP contribution in [0.2, 0.25) is 0 Å². The minimum atomic E-state index is 0.599. The SMILES string of the molecule is CNc1ccc(C=C(COC)COC)cc1. The monoisotopic (exact) mass is 221 g/mol. The lowest BCUT2D eigenvalue weighted by Gasteiger charge is -2.06. The van der Waals surface area contributed by atoms with Crippen LogP contribution in [0.15, 0.2) is 29.8 Å². The average molecular weight is 221 g/mol. The molecule has 0 atom stereocenters. The third kappa shape index (κ3) is 4.04. The summed E-state index contributed by atoms with van der Waals surface area (Å²) in [5.74, 6) is 0. The maximum atomic E-state index is 5.11. The van der Waals surface area contributed by atoms with Crippen LogP contribution in [0, 0.1) is 0 Å². The zero-order valence-corrected chi connectivity index (χ0v) is 10.1. The van der Waals surface area contributed by atoms with Crippen LogP contribution in [-0.2, 0) is 9.47 Å². The summed E-state index contributed by atoms with van der Waals surface area (Å²) in [6.07, 6.45) is 2.09. The number of benzene rings is 1. The lowest BCUT2D eigenvalue weighted by molar-refractivity contribution is 0.183. The topological polar surface area (TPSA) is 30.5 Å². The molecule has 0 aliphatic heterocycles. The van der Waals surface area contributed by atoms with Gasteiger partial charge in [0, 0.05) is 27.0 Å². The molecular formula is C13H19NO2. The van der Waals surface area contributed by atoms with E-state index in [1.807, 2.05) is 19.2 Å². The second kappa shape index (κ2) is 7.04. The number of ether oxygens (including phenoxy) is 2. The zero-order valence-electron chi connectivity index (χ0n) is 10.1. The van der Waals surface area contributed by atoms with Gasteiger partial charge in [0.25, 0.3) is 0 Å². The molecule has 0 saturated carbocycles. The first-order chi connectivity index (χ1) is 7.80. The molecule has 0 heterocycles. The Morgan fingerprint density at radius 3 is 2.12 bits per heavy atom. The number of methoxy groups -OCH3 is 2. The van der Waals surface area contributed by atoms with Gasteiger partial charge in [-0.2, -0.15) is 0 Å². The molecule has 16 heavy (non-hydrogen) atoms. The summed E-state index contributed by atoms with van der Waals surface area (Å²) in [4.78, 5) is 0. The highest BCUT2D eigenvalue weighted by Gasteiger charge is 1.97. The molecule has 0 spiro atoms. The van der Waals surface area contributed by atoms with Gasteiger partial charge >= 0.3 is 0 Å². The highest BCUT2D eigenvalue weighted by atomic mass is 16.5. The van der Waals surface area contributed by atoms with Crippen LogP contribution < -0.4 is 5.32 Å². The first-order valence-corrected chi connectivity index (χ1v) is 5.25. The Morgan fingerprint density at radius 2 is 1.69 bits per heavy atom. The smallest absolute Gasteiger partial charge is 0.0698 e. The first kappa shape index (κ1) is 12.7. The maximum Gasteiger partial charge on any atom is 0.0698 e. The second-order valence-electron chi connectivity index (χ2n) is 3.54. The average Bonchev–Trinajstić information content (AvgIpc) is 2.31. The van der Waals surface area contributed by atoms with Gasteiger partial charge in [-0.3, -0.25) is 0 Å². The molecule has 3 nitrogen and oxygen atoms in total. The number of anilines is 1. The molecule has 88 valence electrons. The van der Waals surface area contributed by atoms with Crippen molar-refractivity contribution in [2.75, 3.05) is 39.8 Å². The second-order valence-corrected chi connectivity index (χ2v) is 3.54. The number of hydrogen-bond acceptors (Lipinski definition) is 3. The highest BCUT2D eigenvalue weighted by molar-refractivity contribution is 5.57. The Hall–Kier alpha value is -1.32. The fourth-order valence-electron chi connectivity index (χ4n) is 1.48. The summed E-state index contributed by atoms with van der Waals surface area (Å²) in [6, 6.07) is 8.22. The Labute approximate surface area is 97.1 Å². The van der Waals surface area contributed by atoms with E-state index in [1.54, 1.807) is 14.2 Å². The molecule has 1 rings (SSSR count). The van der Waals surface area contributed by atoms with Gasteiger partial charge in [-0.15, -0.1) is 0 Å². The molecule has 1 aromatic rings. The van der Waals surface area contributed by atoms with Crippen LogP contribution in [0.4, 0.5) is 5.69 Å². The van der Waals surface area contributed by atoms with Gasteiger partial charge < -0.3 is 14.8 Å². The van der Waals surface area contributed by atoms with Crippen molar-refractivity contribution in [1.82, 2.24) is 0 Å². The van der Waals surface area contributed by atoms with Crippen LogP contribution in [-0.4, -0.2) is 34.5 Å². The van der Waals surface area contributed by atoms with Gasteiger partial charge in [-0.1, -0.05) is 18.2 Å². The first-order valence-electron chi connectivity index (χ1n) is 5.25. The summed E-state index contributed by atoms with van der Waals surface area (Å²) in [5.41, 5.74) is 3.39. The molecule has 3 heteroatoms. The van der Waals surface area contributed by atoms with E-state index in [1.165, 1.54) is 0 Å². The standard InChI is InChI=1S/C13H19NO2/c1-14-13-6-4-11(5-7-13)8-12(9-15-2)10-16-3/h4-8,14H,9-10H2,1-3H3. The van der Waals surface area contributed by atoms with Crippen molar-refractivity contribution in [3.05, 3.63) is 35.4 Å². The Balaban J connectivity index is 2.76. The van der Waals surface area contributed by atoms with Crippen LogP contribution in [0.3, 0.4) is 0 Å². The van der Waals surface area contributed by atoms with Crippen LogP contribution >= 0.6 is 0 Å². The van der Waals surface area contributed by atoms with E-state index in [0.717, 1.165) is 16.8 Å². The van der Waals surface area contributed by atoms with E-state index in [4.69, 9.17) is 9.47 Å². The van der Waals surface area contributed by atoms with E-state index in [0.29, 0.717) is 13.2 Å². The molecule has 0 unspecified atom stereocenters. The molecule has 0 amide bonds. The number of rotatable bonds is 6. The fraction of sp³-hybridized carbons (Fsp3) is 0.385. The van der Waals surface area contributed by atoms with Gasteiger partial charge in [0.1, 0.15) is 0 Å². The molecule has 1 N–H and O–H groups in total. The van der Waals surface area contributed by atoms with Crippen LogP contribution in [0.25, 0.3) is 6.08 Å². The molecule has 0 saturated heterocycles. The van der Waals surface area contributed by atoms with E-state index in [2.05, 4.69) is 23.5 Å². The van der Waals surface area contributed by atoms with Crippen molar-refractivity contribution in [3.8, 4) is 0 Å². The summed E-state index contributed by atoms with van der Waals surface area (Å²) >= 11 is 0. The minimum absolute atomic E-state index is 0.599. The minimum Gasteiger partial charge on any atom is -0.388 e. The zero-order chi connectivity index (χ0) is 11.8. The quantitative estimate of drug-likeness (QED) is 0.800. The van der Waals surface area contributed by atoms with Crippen molar-refractivity contribution in [2.24, 2.45) is 0 Å². The summed E-state index contributed by atoms with van der Waals surface area (Å²) in [5, 5.41) is 3.09. The van der Waals surface area contributed by atoms with Crippen LogP contribution in [0.5, 0.6) is 0 Å². The molecule has 0 aromatic heterocycles.